The first-order chi connectivity index (χ1) is 16.1. The van der Waals surface area contributed by atoms with Crippen molar-refractivity contribution >= 4 is 35.7 Å². The Bertz CT molecular complexity index is 1130. The zero-order valence-electron chi connectivity index (χ0n) is 21.2. The van der Waals surface area contributed by atoms with E-state index in [-0.39, 0.29) is 17.4 Å². The number of para-hydroxylation sites is 2. The molecule has 0 bridgehead atoms. The van der Waals surface area contributed by atoms with E-state index in [1.807, 2.05) is 31.3 Å². The molecule has 0 radical (unpaired) electrons. The molecule has 1 amide bonds. The fraction of sp³-hybridized carbons (Fsp3) is 0.500. The van der Waals surface area contributed by atoms with E-state index < -0.39 is 7.26 Å². The lowest BCUT2D eigenvalue weighted by molar-refractivity contribution is 0.0827. The minimum atomic E-state index is -0.936. The van der Waals surface area contributed by atoms with Crippen molar-refractivity contribution in [2.75, 3.05) is 44.0 Å². The van der Waals surface area contributed by atoms with E-state index in [9.17, 15) is 4.79 Å². The Labute approximate surface area is 203 Å². The number of anilines is 2. The van der Waals surface area contributed by atoms with Gasteiger partial charge < -0.3 is 20.9 Å². The van der Waals surface area contributed by atoms with Crippen LogP contribution in [0.3, 0.4) is 0 Å². The molecule has 1 saturated carbocycles. The van der Waals surface area contributed by atoms with E-state index in [1.165, 1.54) is 0 Å². The largest absolute Gasteiger partial charge is 0.371 e. The zero-order valence-corrected chi connectivity index (χ0v) is 22.1. The summed E-state index contributed by atoms with van der Waals surface area (Å²) in [6, 6.07) is 12.0. The molecule has 3 aromatic rings. The van der Waals surface area contributed by atoms with Crippen LogP contribution in [0, 0.1) is 5.41 Å². The minimum Gasteiger partial charge on any atom is -0.371 e. The van der Waals surface area contributed by atoms with Gasteiger partial charge in [0.1, 0.15) is 12.1 Å². The molecule has 4 rings (SSSR count). The second-order valence-corrected chi connectivity index (χ2v) is 16.0. The number of hydrogen-bond donors (Lipinski definition) is 4. The molecule has 1 aromatic carbocycles. The maximum atomic E-state index is 13.1. The third-order valence-corrected chi connectivity index (χ3v) is 7.93. The standard InChI is InChI=1S/C26H37N6OP/c1-26(2)14-13-17(18-11-12-21(23(27-3)29-18)28-16-34(4,5)6)15-22(26)32-25(33)24-30-19-9-7-8-10-20(19)31-24/h7-12,17,22H,13-16H2,1-6H3,(H3-,27,28,29,30,31,32,33)/p+1. The summed E-state index contributed by atoms with van der Waals surface area (Å²) in [5.41, 5.74) is 3.81. The number of amides is 1. The first kappa shape index (κ1) is 24.5. The fourth-order valence-corrected chi connectivity index (χ4v) is 5.25. The first-order valence-corrected chi connectivity index (χ1v) is 15.4. The van der Waals surface area contributed by atoms with E-state index in [0.717, 1.165) is 53.8 Å². The molecule has 4 N–H and O–H groups in total. The quantitative estimate of drug-likeness (QED) is 0.341. The smallest absolute Gasteiger partial charge is 0.287 e. The molecule has 1 aliphatic rings. The van der Waals surface area contributed by atoms with Crippen LogP contribution < -0.4 is 16.0 Å². The molecule has 1 fully saturated rings. The van der Waals surface area contributed by atoms with Crippen molar-refractivity contribution in [3.63, 3.8) is 0 Å². The number of nitrogens with zero attached hydrogens (tertiary/aromatic N) is 2. The van der Waals surface area contributed by atoms with Crippen LogP contribution in [0.1, 0.15) is 55.3 Å². The molecular formula is C26H38N6OP+. The number of fused-ring (bicyclic) bond motifs is 1. The summed E-state index contributed by atoms with van der Waals surface area (Å²) in [4.78, 5) is 25.7. The highest BCUT2D eigenvalue weighted by atomic mass is 31.2. The van der Waals surface area contributed by atoms with Gasteiger partial charge in [0.05, 0.1) is 36.7 Å². The number of nitrogens with one attached hydrogen (secondary N) is 4. The number of aromatic nitrogens is 3. The monoisotopic (exact) mass is 481 g/mol. The van der Waals surface area contributed by atoms with Crippen molar-refractivity contribution in [3.05, 3.63) is 47.9 Å². The lowest BCUT2D eigenvalue weighted by Gasteiger charge is -2.42. The van der Waals surface area contributed by atoms with Crippen LogP contribution >= 0.6 is 7.26 Å². The third-order valence-electron chi connectivity index (χ3n) is 6.83. The van der Waals surface area contributed by atoms with Crippen molar-refractivity contribution in [1.29, 1.82) is 0 Å². The Balaban J connectivity index is 1.49. The second-order valence-electron chi connectivity index (χ2n) is 11.1. The van der Waals surface area contributed by atoms with Crippen molar-refractivity contribution in [2.24, 2.45) is 5.41 Å². The number of benzene rings is 1. The van der Waals surface area contributed by atoms with Crippen LogP contribution in [0.2, 0.25) is 0 Å². The minimum absolute atomic E-state index is 0.00190. The van der Waals surface area contributed by atoms with Crippen LogP contribution in [-0.2, 0) is 0 Å². The predicted molar refractivity (Wildman–Crippen MR) is 145 cm³/mol. The Morgan fingerprint density at radius 1 is 1.15 bits per heavy atom. The highest BCUT2D eigenvalue weighted by Crippen LogP contribution is 2.46. The molecule has 2 aromatic heterocycles. The summed E-state index contributed by atoms with van der Waals surface area (Å²) in [6.45, 7) is 11.4. The molecule has 34 heavy (non-hydrogen) atoms. The summed E-state index contributed by atoms with van der Waals surface area (Å²) in [5, 5.41) is 10.1. The molecule has 0 spiro atoms. The van der Waals surface area contributed by atoms with Gasteiger partial charge in [0.2, 0.25) is 0 Å². The summed E-state index contributed by atoms with van der Waals surface area (Å²) in [5.74, 6) is 1.40. The van der Waals surface area contributed by atoms with Gasteiger partial charge in [-0.1, -0.05) is 26.0 Å². The predicted octanol–water partition coefficient (Wildman–Crippen LogP) is 5.37. The van der Waals surface area contributed by atoms with Gasteiger partial charge in [0, 0.05) is 32.0 Å². The number of H-pyrrole nitrogens is 1. The molecular weight excluding hydrogens is 443 g/mol. The summed E-state index contributed by atoms with van der Waals surface area (Å²) in [6.07, 6.45) is 3.92. The van der Waals surface area contributed by atoms with Crippen LogP contribution in [0.5, 0.6) is 0 Å². The molecule has 2 unspecified atom stereocenters. The van der Waals surface area contributed by atoms with Crippen molar-refractivity contribution in [1.82, 2.24) is 20.3 Å². The van der Waals surface area contributed by atoms with E-state index in [2.05, 4.69) is 71.9 Å². The van der Waals surface area contributed by atoms with E-state index in [4.69, 9.17) is 4.98 Å². The van der Waals surface area contributed by atoms with Crippen molar-refractivity contribution in [2.45, 2.75) is 45.1 Å². The molecule has 0 aliphatic heterocycles. The van der Waals surface area contributed by atoms with Crippen molar-refractivity contribution in [3.8, 4) is 0 Å². The SMILES string of the molecule is CNc1nc(C2CCC(C)(C)C(NC(=O)c3nc4ccccc4[nH]3)C2)ccc1NC[P+](C)(C)C. The van der Waals surface area contributed by atoms with Crippen LogP contribution in [0.4, 0.5) is 11.5 Å². The van der Waals surface area contributed by atoms with Gasteiger partial charge in [-0.05, 0) is 48.9 Å². The van der Waals surface area contributed by atoms with Crippen LogP contribution in [-0.4, -0.2) is 60.2 Å². The van der Waals surface area contributed by atoms with Gasteiger partial charge in [0.25, 0.3) is 5.91 Å². The Morgan fingerprint density at radius 2 is 1.91 bits per heavy atom. The molecule has 1 aliphatic carbocycles. The molecule has 0 saturated heterocycles. The number of imidazole rings is 1. The number of carbonyl (C=O) groups is 1. The van der Waals surface area contributed by atoms with Gasteiger partial charge in [-0.3, -0.25) is 4.79 Å². The molecule has 182 valence electrons. The van der Waals surface area contributed by atoms with E-state index in [0.29, 0.717) is 11.7 Å². The van der Waals surface area contributed by atoms with Gasteiger partial charge in [-0.15, -0.1) is 0 Å². The number of carbonyl (C=O) groups excluding carboxylic acids is 1. The third kappa shape index (κ3) is 5.52. The van der Waals surface area contributed by atoms with Crippen LogP contribution in [0.25, 0.3) is 11.0 Å². The Hall–Kier alpha value is -2.66. The Morgan fingerprint density at radius 3 is 2.62 bits per heavy atom. The van der Waals surface area contributed by atoms with Gasteiger partial charge in [0.15, 0.2) is 5.82 Å². The van der Waals surface area contributed by atoms with E-state index in [1.54, 1.807) is 0 Å². The molecule has 8 heteroatoms. The maximum absolute atomic E-state index is 13.1. The lowest BCUT2D eigenvalue weighted by Crippen LogP contribution is -2.48. The average molecular weight is 482 g/mol. The first-order valence-electron chi connectivity index (χ1n) is 12.0. The highest BCUT2D eigenvalue weighted by molar-refractivity contribution is 7.73. The average Bonchev–Trinajstić information content (AvgIpc) is 3.23. The fourth-order valence-electron chi connectivity index (χ4n) is 4.61. The van der Waals surface area contributed by atoms with Crippen molar-refractivity contribution < 1.29 is 4.79 Å². The topological polar surface area (TPSA) is 94.7 Å². The van der Waals surface area contributed by atoms with Gasteiger partial charge in [-0.2, -0.15) is 0 Å². The maximum Gasteiger partial charge on any atom is 0.287 e. The number of pyridine rings is 1. The van der Waals surface area contributed by atoms with Gasteiger partial charge >= 0.3 is 0 Å². The Kier molecular flexibility index (Phi) is 6.86. The highest BCUT2D eigenvalue weighted by Gasteiger charge is 2.39. The molecule has 7 nitrogen and oxygen atoms in total. The zero-order chi connectivity index (χ0) is 24.5. The second kappa shape index (κ2) is 9.53. The number of aromatic amines is 1. The number of hydrogen-bond acceptors (Lipinski definition) is 5. The number of rotatable bonds is 7. The summed E-state index contributed by atoms with van der Waals surface area (Å²) < 4.78 is 0. The normalized spacial score (nSPS) is 20.2. The summed E-state index contributed by atoms with van der Waals surface area (Å²) >= 11 is 0. The summed E-state index contributed by atoms with van der Waals surface area (Å²) in [7, 11) is 0.984. The molecule has 2 atom stereocenters. The van der Waals surface area contributed by atoms with Crippen LogP contribution in [0.15, 0.2) is 36.4 Å². The lowest BCUT2D eigenvalue weighted by atomic mass is 9.68. The van der Waals surface area contributed by atoms with E-state index >= 15 is 0 Å². The molecule has 2 heterocycles. The van der Waals surface area contributed by atoms with Gasteiger partial charge in [-0.25, -0.2) is 9.97 Å².